The van der Waals surface area contributed by atoms with Crippen LogP contribution in [-0.2, 0) is 0 Å². The molecule has 0 amide bonds. The lowest BCUT2D eigenvalue weighted by Crippen LogP contribution is -1.92. The van der Waals surface area contributed by atoms with Gasteiger partial charge in [-0.25, -0.2) is 9.37 Å². The van der Waals surface area contributed by atoms with Crippen LogP contribution in [0.15, 0.2) is 63.5 Å². The second-order valence-electron chi connectivity index (χ2n) is 4.44. The summed E-state index contributed by atoms with van der Waals surface area (Å²) in [6, 6.07) is 14.4. The van der Waals surface area contributed by atoms with E-state index in [0.29, 0.717) is 10.7 Å². The molecule has 6 heteroatoms. The molecule has 110 valence electrons. The van der Waals surface area contributed by atoms with Crippen LogP contribution in [0.25, 0.3) is 11.3 Å². The molecule has 3 nitrogen and oxygen atoms in total. The highest BCUT2D eigenvalue weighted by atomic mass is 79.9. The molecule has 3 aromatic rings. The molecule has 0 saturated carbocycles. The van der Waals surface area contributed by atoms with Crippen LogP contribution in [0.2, 0.25) is 0 Å². The van der Waals surface area contributed by atoms with Crippen LogP contribution < -0.4 is 5.43 Å². The Bertz CT molecular complexity index is 799. The molecule has 22 heavy (non-hydrogen) atoms. The van der Waals surface area contributed by atoms with Crippen molar-refractivity contribution in [2.45, 2.75) is 0 Å². The monoisotopic (exact) mass is 375 g/mol. The van der Waals surface area contributed by atoms with Gasteiger partial charge in [0.05, 0.1) is 11.9 Å². The molecule has 1 aromatic heterocycles. The quantitative estimate of drug-likeness (QED) is 0.505. The number of anilines is 1. The summed E-state index contributed by atoms with van der Waals surface area (Å²) in [6.45, 7) is 0. The summed E-state index contributed by atoms with van der Waals surface area (Å²) in [5.41, 5.74) is 5.16. The molecule has 0 spiro atoms. The lowest BCUT2D eigenvalue weighted by molar-refractivity contribution is 0.626. The van der Waals surface area contributed by atoms with Gasteiger partial charge in [-0.05, 0) is 18.2 Å². The number of hydrogen-bond donors (Lipinski definition) is 1. The second kappa shape index (κ2) is 6.81. The van der Waals surface area contributed by atoms with Crippen molar-refractivity contribution in [3.05, 3.63) is 69.8 Å². The number of benzene rings is 2. The molecular formula is C16H11BrFN3S. The van der Waals surface area contributed by atoms with Gasteiger partial charge in [0.15, 0.2) is 0 Å². The smallest absolute Gasteiger partial charge is 0.203 e. The normalized spacial score (nSPS) is 11.0. The van der Waals surface area contributed by atoms with E-state index < -0.39 is 0 Å². The van der Waals surface area contributed by atoms with Crippen LogP contribution >= 0.6 is 27.3 Å². The zero-order valence-electron chi connectivity index (χ0n) is 11.3. The zero-order chi connectivity index (χ0) is 15.4. The minimum atomic E-state index is -0.303. The van der Waals surface area contributed by atoms with Crippen LogP contribution in [0.1, 0.15) is 5.56 Å². The average molecular weight is 376 g/mol. The van der Waals surface area contributed by atoms with Crippen molar-refractivity contribution >= 4 is 38.6 Å². The van der Waals surface area contributed by atoms with Gasteiger partial charge in [-0.1, -0.05) is 46.3 Å². The van der Waals surface area contributed by atoms with Crippen molar-refractivity contribution in [1.29, 1.82) is 0 Å². The molecule has 0 bridgehead atoms. The summed E-state index contributed by atoms with van der Waals surface area (Å²) in [7, 11) is 0. The lowest BCUT2D eigenvalue weighted by Gasteiger charge is -1.97. The van der Waals surface area contributed by atoms with E-state index in [1.807, 2.05) is 29.6 Å². The largest absolute Gasteiger partial charge is 0.253 e. The van der Waals surface area contributed by atoms with Gasteiger partial charge in [0, 0.05) is 21.0 Å². The first kappa shape index (κ1) is 14.9. The number of thiazole rings is 1. The number of hydrogen-bond acceptors (Lipinski definition) is 4. The third kappa shape index (κ3) is 3.58. The predicted octanol–water partition coefficient (Wildman–Crippen LogP) is 5.16. The molecule has 2 aromatic carbocycles. The lowest BCUT2D eigenvalue weighted by atomic mass is 10.2. The molecule has 0 atom stereocenters. The van der Waals surface area contributed by atoms with E-state index in [0.717, 1.165) is 15.7 Å². The molecule has 0 unspecified atom stereocenters. The molecular weight excluding hydrogens is 365 g/mol. The van der Waals surface area contributed by atoms with Crippen LogP contribution in [0.5, 0.6) is 0 Å². The summed E-state index contributed by atoms with van der Waals surface area (Å²) in [6.07, 6.45) is 1.44. The molecule has 1 heterocycles. The van der Waals surface area contributed by atoms with Crippen LogP contribution in [0.3, 0.4) is 0 Å². The summed E-state index contributed by atoms with van der Waals surface area (Å²) in [5.74, 6) is -0.303. The molecule has 0 radical (unpaired) electrons. The third-order valence-electron chi connectivity index (χ3n) is 2.91. The Morgan fingerprint density at radius 1 is 1.14 bits per heavy atom. The van der Waals surface area contributed by atoms with Gasteiger partial charge < -0.3 is 0 Å². The molecule has 0 saturated heterocycles. The van der Waals surface area contributed by atoms with Crippen molar-refractivity contribution in [1.82, 2.24) is 4.98 Å². The fraction of sp³-hybridized carbons (Fsp3) is 0. The van der Waals surface area contributed by atoms with E-state index in [2.05, 4.69) is 31.4 Å². The van der Waals surface area contributed by atoms with Gasteiger partial charge in [0.1, 0.15) is 5.82 Å². The van der Waals surface area contributed by atoms with Crippen LogP contribution in [-0.4, -0.2) is 11.2 Å². The Balaban J connectivity index is 1.70. The fourth-order valence-corrected chi connectivity index (χ4v) is 2.75. The second-order valence-corrected chi connectivity index (χ2v) is 6.21. The Kier molecular flexibility index (Phi) is 4.60. The molecule has 0 aliphatic carbocycles. The van der Waals surface area contributed by atoms with Gasteiger partial charge in [-0.2, -0.15) is 5.10 Å². The standard InChI is InChI=1S/C16H11BrFN3S/c17-13-7-5-11(6-8-13)15-10-22-16(20-15)21-19-9-12-3-1-2-4-14(12)18/h1-10H,(H,20,21)/b19-9-. The summed E-state index contributed by atoms with van der Waals surface area (Å²) < 4.78 is 14.5. The van der Waals surface area contributed by atoms with Gasteiger partial charge in [-0.15, -0.1) is 11.3 Å². The van der Waals surface area contributed by atoms with Crippen molar-refractivity contribution < 1.29 is 4.39 Å². The van der Waals surface area contributed by atoms with Gasteiger partial charge >= 0.3 is 0 Å². The Labute approximate surface area is 139 Å². The zero-order valence-corrected chi connectivity index (χ0v) is 13.7. The Morgan fingerprint density at radius 2 is 1.91 bits per heavy atom. The first-order valence-corrected chi connectivity index (χ1v) is 8.15. The first-order valence-electron chi connectivity index (χ1n) is 6.47. The Morgan fingerprint density at radius 3 is 2.68 bits per heavy atom. The third-order valence-corrected chi connectivity index (χ3v) is 4.19. The number of hydrazone groups is 1. The molecule has 1 N–H and O–H groups in total. The molecule has 0 aliphatic rings. The number of halogens is 2. The minimum Gasteiger partial charge on any atom is -0.253 e. The van der Waals surface area contributed by atoms with E-state index in [1.165, 1.54) is 23.6 Å². The summed E-state index contributed by atoms with van der Waals surface area (Å²) >= 11 is 4.85. The molecule has 0 fully saturated rings. The van der Waals surface area contributed by atoms with E-state index in [4.69, 9.17) is 0 Å². The highest BCUT2D eigenvalue weighted by Gasteiger charge is 2.03. The number of nitrogens with zero attached hydrogens (tertiary/aromatic N) is 2. The number of rotatable bonds is 4. The van der Waals surface area contributed by atoms with Crippen molar-refractivity contribution in [2.24, 2.45) is 5.10 Å². The topological polar surface area (TPSA) is 37.3 Å². The first-order chi connectivity index (χ1) is 10.7. The van der Waals surface area contributed by atoms with E-state index in [9.17, 15) is 4.39 Å². The maximum absolute atomic E-state index is 13.4. The van der Waals surface area contributed by atoms with E-state index in [-0.39, 0.29) is 5.82 Å². The van der Waals surface area contributed by atoms with Crippen molar-refractivity contribution in [3.8, 4) is 11.3 Å². The van der Waals surface area contributed by atoms with Crippen molar-refractivity contribution in [2.75, 3.05) is 5.43 Å². The highest BCUT2D eigenvalue weighted by Crippen LogP contribution is 2.26. The van der Waals surface area contributed by atoms with Crippen LogP contribution in [0.4, 0.5) is 9.52 Å². The highest BCUT2D eigenvalue weighted by molar-refractivity contribution is 9.10. The van der Waals surface area contributed by atoms with Gasteiger partial charge in [0.25, 0.3) is 0 Å². The Hall–Kier alpha value is -2.05. The van der Waals surface area contributed by atoms with E-state index in [1.54, 1.807) is 18.2 Å². The molecule has 3 rings (SSSR count). The number of aromatic nitrogens is 1. The average Bonchev–Trinajstić information content (AvgIpc) is 2.99. The maximum Gasteiger partial charge on any atom is 0.203 e. The van der Waals surface area contributed by atoms with E-state index >= 15 is 0 Å². The SMILES string of the molecule is Fc1ccccc1/C=N\Nc1nc(-c2ccc(Br)cc2)cs1. The minimum absolute atomic E-state index is 0.303. The maximum atomic E-state index is 13.4. The number of nitrogens with one attached hydrogen (secondary N) is 1. The van der Waals surface area contributed by atoms with Gasteiger partial charge in [0.2, 0.25) is 5.13 Å². The fourth-order valence-electron chi connectivity index (χ4n) is 1.82. The summed E-state index contributed by atoms with van der Waals surface area (Å²) in [5, 5.41) is 6.63. The summed E-state index contributed by atoms with van der Waals surface area (Å²) in [4.78, 5) is 4.45. The van der Waals surface area contributed by atoms with Crippen molar-refractivity contribution in [3.63, 3.8) is 0 Å². The predicted molar refractivity (Wildman–Crippen MR) is 92.9 cm³/mol. The van der Waals surface area contributed by atoms with Crippen LogP contribution in [0, 0.1) is 5.82 Å². The van der Waals surface area contributed by atoms with Gasteiger partial charge in [-0.3, -0.25) is 5.43 Å². The molecule has 0 aliphatic heterocycles.